The van der Waals surface area contributed by atoms with Crippen molar-refractivity contribution in [3.63, 3.8) is 0 Å². The Morgan fingerprint density at radius 2 is 1.62 bits per heavy atom. The molecule has 3 aromatic carbocycles. The summed E-state index contributed by atoms with van der Waals surface area (Å²) >= 11 is 1.78. The second-order valence-electron chi connectivity index (χ2n) is 8.90. The van der Waals surface area contributed by atoms with Crippen molar-refractivity contribution in [2.75, 3.05) is 0 Å². The summed E-state index contributed by atoms with van der Waals surface area (Å²) in [7, 11) is 0. The SMILES string of the molecule is c1ccc2c(c1)ccc1nc(-c3cccc4c3sc3ncccc34)cc(C3CCCC3)c12. The van der Waals surface area contributed by atoms with Gasteiger partial charge in [0.15, 0.2) is 0 Å². The van der Waals surface area contributed by atoms with Gasteiger partial charge in [-0.2, -0.15) is 0 Å². The lowest BCUT2D eigenvalue weighted by Crippen LogP contribution is -1.98. The quantitative estimate of drug-likeness (QED) is 0.257. The molecule has 32 heavy (non-hydrogen) atoms. The van der Waals surface area contributed by atoms with Gasteiger partial charge in [-0.3, -0.25) is 0 Å². The zero-order valence-electron chi connectivity index (χ0n) is 17.7. The van der Waals surface area contributed by atoms with E-state index in [1.165, 1.54) is 68.4 Å². The molecule has 0 radical (unpaired) electrons. The number of aromatic nitrogens is 2. The minimum absolute atomic E-state index is 0.619. The largest absolute Gasteiger partial charge is 0.248 e. The van der Waals surface area contributed by atoms with E-state index in [9.17, 15) is 0 Å². The number of hydrogen-bond donors (Lipinski definition) is 0. The first-order valence-electron chi connectivity index (χ1n) is 11.5. The summed E-state index contributed by atoms with van der Waals surface area (Å²) in [4.78, 5) is 10.9. The summed E-state index contributed by atoms with van der Waals surface area (Å²) in [6.07, 6.45) is 7.09. The lowest BCUT2D eigenvalue weighted by atomic mass is 9.90. The van der Waals surface area contributed by atoms with Crippen molar-refractivity contribution in [2.24, 2.45) is 0 Å². The Balaban J connectivity index is 1.56. The molecule has 3 heteroatoms. The highest BCUT2D eigenvalue weighted by Gasteiger charge is 2.22. The predicted molar refractivity (Wildman–Crippen MR) is 137 cm³/mol. The third kappa shape index (κ3) is 2.71. The van der Waals surface area contributed by atoms with Gasteiger partial charge in [0, 0.05) is 32.6 Å². The molecule has 6 aromatic rings. The number of pyridine rings is 2. The minimum Gasteiger partial charge on any atom is -0.248 e. The van der Waals surface area contributed by atoms with Gasteiger partial charge in [0.1, 0.15) is 4.83 Å². The normalized spacial score (nSPS) is 14.9. The molecule has 154 valence electrons. The van der Waals surface area contributed by atoms with E-state index in [1.54, 1.807) is 11.3 Å². The highest BCUT2D eigenvalue weighted by Crippen LogP contribution is 2.43. The summed E-state index contributed by atoms with van der Waals surface area (Å²) in [6, 6.07) is 26.4. The maximum atomic E-state index is 5.23. The van der Waals surface area contributed by atoms with Gasteiger partial charge in [0.25, 0.3) is 0 Å². The number of fused-ring (bicyclic) bond motifs is 6. The highest BCUT2D eigenvalue weighted by molar-refractivity contribution is 7.26. The lowest BCUT2D eigenvalue weighted by Gasteiger charge is -2.17. The van der Waals surface area contributed by atoms with E-state index in [1.807, 2.05) is 12.3 Å². The number of rotatable bonds is 2. The smallest absolute Gasteiger partial charge is 0.124 e. The molecule has 1 aliphatic carbocycles. The molecule has 0 atom stereocenters. The second-order valence-corrected chi connectivity index (χ2v) is 9.90. The standard InChI is InChI=1S/C29H22N2S/c1-2-8-18(7-1)24-17-26(31-25-15-14-19-9-3-4-10-20(19)27(24)25)23-12-5-11-21-22-13-6-16-30-29(22)32-28(21)23/h3-6,9-18H,1-2,7-8H2. The van der Waals surface area contributed by atoms with Crippen LogP contribution in [0.5, 0.6) is 0 Å². The first-order chi connectivity index (χ1) is 15.9. The number of benzene rings is 3. The summed E-state index contributed by atoms with van der Waals surface area (Å²) in [5, 5.41) is 6.49. The Kier molecular flexibility index (Phi) is 4.06. The Morgan fingerprint density at radius 3 is 2.56 bits per heavy atom. The maximum Gasteiger partial charge on any atom is 0.124 e. The first kappa shape index (κ1) is 18.3. The predicted octanol–water partition coefficient (Wildman–Crippen LogP) is 8.48. The van der Waals surface area contributed by atoms with E-state index < -0.39 is 0 Å². The molecule has 1 aliphatic rings. The van der Waals surface area contributed by atoms with Crippen LogP contribution in [0.15, 0.2) is 79.0 Å². The molecule has 0 aliphatic heterocycles. The van der Waals surface area contributed by atoms with Gasteiger partial charge >= 0.3 is 0 Å². The summed E-state index contributed by atoms with van der Waals surface area (Å²) in [5.74, 6) is 0.619. The molecule has 3 aromatic heterocycles. The van der Waals surface area contributed by atoms with Crippen LogP contribution in [0.4, 0.5) is 0 Å². The first-order valence-corrected chi connectivity index (χ1v) is 12.3. The van der Waals surface area contributed by atoms with Gasteiger partial charge in [-0.1, -0.05) is 61.4 Å². The molecule has 0 amide bonds. The third-order valence-corrected chi connectivity index (χ3v) is 8.24. The monoisotopic (exact) mass is 430 g/mol. The fourth-order valence-corrected chi connectivity index (χ4v) is 6.73. The van der Waals surface area contributed by atoms with E-state index in [0.29, 0.717) is 5.92 Å². The van der Waals surface area contributed by atoms with Crippen LogP contribution in [-0.4, -0.2) is 9.97 Å². The number of thiophene rings is 1. The molecule has 7 rings (SSSR count). The molecule has 0 bridgehead atoms. The molecular formula is C29H22N2S. The summed E-state index contributed by atoms with van der Waals surface area (Å²) in [6.45, 7) is 0. The van der Waals surface area contributed by atoms with Crippen LogP contribution in [0.1, 0.15) is 37.2 Å². The molecule has 1 fully saturated rings. The van der Waals surface area contributed by atoms with Gasteiger partial charge in [-0.25, -0.2) is 9.97 Å². The number of hydrogen-bond acceptors (Lipinski definition) is 3. The van der Waals surface area contributed by atoms with Gasteiger partial charge in [0.2, 0.25) is 0 Å². The Labute approximate surface area is 190 Å². The summed E-state index contributed by atoms with van der Waals surface area (Å²) in [5.41, 5.74) is 4.90. The highest BCUT2D eigenvalue weighted by atomic mass is 32.1. The average molecular weight is 431 g/mol. The van der Waals surface area contributed by atoms with Crippen LogP contribution in [0.25, 0.3) is 53.2 Å². The van der Waals surface area contributed by atoms with E-state index in [4.69, 9.17) is 4.98 Å². The molecule has 2 nitrogen and oxygen atoms in total. The molecule has 3 heterocycles. The lowest BCUT2D eigenvalue weighted by molar-refractivity contribution is 0.729. The van der Waals surface area contributed by atoms with Crippen LogP contribution in [0.3, 0.4) is 0 Å². The maximum absolute atomic E-state index is 5.23. The van der Waals surface area contributed by atoms with Crippen LogP contribution < -0.4 is 0 Å². The van der Waals surface area contributed by atoms with Gasteiger partial charge < -0.3 is 0 Å². The molecule has 0 spiro atoms. The van der Waals surface area contributed by atoms with Crippen molar-refractivity contribution in [1.29, 1.82) is 0 Å². The molecule has 0 unspecified atom stereocenters. The van der Waals surface area contributed by atoms with Crippen molar-refractivity contribution in [3.8, 4) is 11.3 Å². The molecule has 1 saturated carbocycles. The third-order valence-electron chi connectivity index (χ3n) is 7.07. The van der Waals surface area contributed by atoms with E-state index in [0.717, 1.165) is 16.0 Å². The molecular weight excluding hydrogens is 408 g/mol. The Bertz CT molecular complexity index is 1640. The average Bonchev–Trinajstić information content (AvgIpc) is 3.51. The topological polar surface area (TPSA) is 25.8 Å². The second kappa shape index (κ2) is 7.11. The van der Waals surface area contributed by atoms with Gasteiger partial charge in [-0.15, -0.1) is 11.3 Å². The fourth-order valence-electron chi connectivity index (χ4n) is 5.57. The van der Waals surface area contributed by atoms with E-state index in [2.05, 4.69) is 71.7 Å². The Hall–Kier alpha value is -3.30. The van der Waals surface area contributed by atoms with Crippen LogP contribution >= 0.6 is 11.3 Å². The van der Waals surface area contributed by atoms with Gasteiger partial charge in [-0.05, 0) is 59.4 Å². The van der Waals surface area contributed by atoms with Crippen molar-refractivity contribution < 1.29 is 0 Å². The fraction of sp³-hybridized carbons (Fsp3) is 0.172. The van der Waals surface area contributed by atoms with Crippen molar-refractivity contribution in [1.82, 2.24) is 9.97 Å². The van der Waals surface area contributed by atoms with Crippen molar-refractivity contribution >= 4 is 53.3 Å². The molecule has 0 saturated heterocycles. The van der Waals surface area contributed by atoms with Crippen LogP contribution in [0, 0.1) is 0 Å². The van der Waals surface area contributed by atoms with E-state index in [-0.39, 0.29) is 0 Å². The van der Waals surface area contributed by atoms with Crippen LogP contribution in [0.2, 0.25) is 0 Å². The molecule has 0 N–H and O–H groups in total. The Morgan fingerprint density at radius 1 is 0.781 bits per heavy atom. The zero-order valence-corrected chi connectivity index (χ0v) is 18.5. The number of nitrogens with zero attached hydrogens (tertiary/aromatic N) is 2. The van der Waals surface area contributed by atoms with E-state index >= 15 is 0 Å². The summed E-state index contributed by atoms with van der Waals surface area (Å²) < 4.78 is 1.28. The van der Waals surface area contributed by atoms with Gasteiger partial charge in [0.05, 0.1) is 11.2 Å². The minimum atomic E-state index is 0.619. The van der Waals surface area contributed by atoms with Crippen LogP contribution in [-0.2, 0) is 0 Å². The zero-order chi connectivity index (χ0) is 21.1. The van der Waals surface area contributed by atoms with Crippen molar-refractivity contribution in [3.05, 3.63) is 84.6 Å². The van der Waals surface area contributed by atoms with Crippen molar-refractivity contribution in [2.45, 2.75) is 31.6 Å².